The van der Waals surface area contributed by atoms with Crippen molar-refractivity contribution in [3.05, 3.63) is 24.2 Å². The summed E-state index contributed by atoms with van der Waals surface area (Å²) in [4.78, 5) is 4.74. The van der Waals surface area contributed by atoms with Crippen molar-refractivity contribution in [2.45, 2.75) is 33.2 Å². The number of methoxy groups -OCH3 is 1. The molecule has 2 rings (SSSR count). The maximum Gasteiger partial charge on any atom is 0.221 e. The van der Waals surface area contributed by atoms with Gasteiger partial charge in [-0.15, -0.1) is 6.58 Å². The molecule has 0 atom stereocenters. The van der Waals surface area contributed by atoms with Crippen LogP contribution < -0.4 is 10.5 Å². The molecule has 0 fully saturated rings. The molecule has 0 radical (unpaired) electrons. The van der Waals surface area contributed by atoms with Crippen molar-refractivity contribution in [1.82, 2.24) is 19.3 Å². The molecule has 114 valence electrons. The summed E-state index contributed by atoms with van der Waals surface area (Å²) in [7, 11) is 3.47. The predicted molar refractivity (Wildman–Crippen MR) is 84.4 cm³/mol. The van der Waals surface area contributed by atoms with E-state index < -0.39 is 0 Å². The maximum absolute atomic E-state index is 6.32. The number of aromatic nitrogens is 4. The van der Waals surface area contributed by atoms with Crippen LogP contribution in [0.3, 0.4) is 0 Å². The van der Waals surface area contributed by atoms with Crippen molar-refractivity contribution < 1.29 is 4.74 Å². The molecule has 0 saturated heterocycles. The fourth-order valence-electron chi connectivity index (χ4n) is 2.57. The van der Waals surface area contributed by atoms with Gasteiger partial charge in [0.2, 0.25) is 5.88 Å². The molecule has 0 aliphatic rings. The largest absolute Gasteiger partial charge is 0.481 e. The zero-order valence-corrected chi connectivity index (χ0v) is 13.3. The van der Waals surface area contributed by atoms with E-state index in [-0.39, 0.29) is 5.92 Å². The van der Waals surface area contributed by atoms with Crippen LogP contribution in [-0.2, 0) is 13.6 Å². The third-order valence-electron chi connectivity index (χ3n) is 3.46. The van der Waals surface area contributed by atoms with Crippen LogP contribution in [0, 0.1) is 6.92 Å². The van der Waals surface area contributed by atoms with Crippen LogP contribution in [0.25, 0.3) is 11.3 Å². The van der Waals surface area contributed by atoms with Crippen LogP contribution in [0.5, 0.6) is 5.88 Å². The van der Waals surface area contributed by atoms with E-state index in [9.17, 15) is 0 Å². The van der Waals surface area contributed by atoms with Crippen molar-refractivity contribution in [3.8, 4) is 17.1 Å². The molecule has 0 amide bonds. The number of nitrogens with two attached hydrogens (primary N) is 1. The molecule has 2 heterocycles. The monoisotopic (exact) mass is 289 g/mol. The van der Waals surface area contributed by atoms with Gasteiger partial charge in [-0.25, -0.2) is 9.67 Å². The Kier molecular flexibility index (Phi) is 4.06. The van der Waals surface area contributed by atoms with Crippen molar-refractivity contribution in [2.75, 3.05) is 12.8 Å². The molecule has 2 N–H and O–H groups in total. The number of nitrogen functional groups attached to an aromatic ring is 1. The molecule has 0 aliphatic heterocycles. The number of hydrogen-bond acceptors (Lipinski definition) is 4. The highest BCUT2D eigenvalue weighted by atomic mass is 16.5. The summed E-state index contributed by atoms with van der Waals surface area (Å²) >= 11 is 0. The van der Waals surface area contributed by atoms with E-state index in [0.29, 0.717) is 18.2 Å². The Bertz CT molecular complexity index is 666. The Morgan fingerprint density at radius 3 is 2.62 bits per heavy atom. The molecule has 6 nitrogen and oxygen atoms in total. The molecule has 21 heavy (non-hydrogen) atoms. The first-order valence-electron chi connectivity index (χ1n) is 6.97. The predicted octanol–water partition coefficient (Wildman–Crippen LogP) is 2.49. The minimum atomic E-state index is 0.268. The van der Waals surface area contributed by atoms with Gasteiger partial charge in [-0.1, -0.05) is 19.9 Å². The van der Waals surface area contributed by atoms with Gasteiger partial charge in [0.1, 0.15) is 17.3 Å². The standard InChI is InChI=1S/C15H23N5O/c1-7-8-20-13(16)12(17-14(20)9(2)3)11-10(4)18-19(5)15(11)21-6/h7,9H,1,8,16H2,2-6H3. The lowest BCUT2D eigenvalue weighted by molar-refractivity contribution is 0.374. The number of anilines is 1. The summed E-state index contributed by atoms with van der Waals surface area (Å²) in [6.45, 7) is 10.5. The molecular formula is C15H23N5O. The first kappa shape index (κ1) is 15.2. The van der Waals surface area contributed by atoms with E-state index in [1.54, 1.807) is 11.8 Å². The molecule has 0 aliphatic carbocycles. The average molecular weight is 289 g/mol. The molecule has 0 saturated carbocycles. The fourth-order valence-corrected chi connectivity index (χ4v) is 2.57. The Labute approximate surface area is 125 Å². The SMILES string of the molecule is C=CCn1c(C(C)C)nc(-c2c(C)nn(C)c2OC)c1N. The summed E-state index contributed by atoms with van der Waals surface area (Å²) < 4.78 is 9.14. The summed E-state index contributed by atoms with van der Waals surface area (Å²) in [6, 6.07) is 0. The van der Waals surface area contributed by atoms with Gasteiger partial charge in [-0.2, -0.15) is 5.10 Å². The van der Waals surface area contributed by atoms with Gasteiger partial charge in [0, 0.05) is 19.5 Å². The summed E-state index contributed by atoms with van der Waals surface area (Å²) in [5.41, 5.74) is 8.74. The van der Waals surface area contributed by atoms with Crippen LogP contribution in [0.4, 0.5) is 5.82 Å². The van der Waals surface area contributed by atoms with Crippen LogP contribution in [0.15, 0.2) is 12.7 Å². The van der Waals surface area contributed by atoms with E-state index in [1.165, 1.54) is 0 Å². The van der Waals surface area contributed by atoms with Gasteiger partial charge in [0.25, 0.3) is 0 Å². The lowest BCUT2D eigenvalue weighted by atomic mass is 10.2. The van der Waals surface area contributed by atoms with Crippen molar-refractivity contribution >= 4 is 5.82 Å². The lowest BCUT2D eigenvalue weighted by Gasteiger charge is -2.09. The van der Waals surface area contributed by atoms with Gasteiger partial charge in [0.05, 0.1) is 18.4 Å². The number of nitrogens with zero attached hydrogens (tertiary/aromatic N) is 4. The zero-order valence-electron chi connectivity index (χ0n) is 13.3. The number of allylic oxidation sites excluding steroid dienone is 1. The van der Waals surface area contributed by atoms with Crippen LogP contribution in [-0.4, -0.2) is 26.4 Å². The van der Waals surface area contributed by atoms with Gasteiger partial charge >= 0.3 is 0 Å². The minimum Gasteiger partial charge on any atom is -0.481 e. The van der Waals surface area contributed by atoms with Gasteiger partial charge in [0.15, 0.2) is 0 Å². The number of imidazole rings is 1. The average Bonchev–Trinajstić information content (AvgIpc) is 2.88. The first-order chi connectivity index (χ1) is 9.92. The number of rotatable bonds is 5. The van der Waals surface area contributed by atoms with Gasteiger partial charge in [-0.05, 0) is 6.92 Å². The normalized spacial score (nSPS) is 11.1. The Hall–Kier alpha value is -2.24. The van der Waals surface area contributed by atoms with Crippen LogP contribution >= 0.6 is 0 Å². The van der Waals surface area contributed by atoms with Gasteiger partial charge in [-0.3, -0.25) is 0 Å². The lowest BCUT2D eigenvalue weighted by Crippen LogP contribution is -2.07. The van der Waals surface area contributed by atoms with E-state index in [0.717, 1.165) is 22.8 Å². The molecule has 0 unspecified atom stereocenters. The van der Waals surface area contributed by atoms with E-state index in [4.69, 9.17) is 15.5 Å². The maximum atomic E-state index is 6.32. The Balaban J connectivity index is 2.70. The number of ether oxygens (including phenoxy) is 1. The summed E-state index contributed by atoms with van der Waals surface area (Å²) in [5, 5.41) is 4.40. The second-order valence-corrected chi connectivity index (χ2v) is 5.35. The van der Waals surface area contributed by atoms with Crippen molar-refractivity contribution in [1.29, 1.82) is 0 Å². The van der Waals surface area contributed by atoms with Crippen molar-refractivity contribution in [3.63, 3.8) is 0 Å². The first-order valence-corrected chi connectivity index (χ1v) is 6.97. The molecular weight excluding hydrogens is 266 g/mol. The third kappa shape index (κ3) is 2.41. The Morgan fingerprint density at radius 1 is 1.43 bits per heavy atom. The van der Waals surface area contributed by atoms with Gasteiger partial charge < -0.3 is 15.0 Å². The van der Waals surface area contributed by atoms with E-state index >= 15 is 0 Å². The number of aryl methyl sites for hydroxylation is 2. The fraction of sp³-hybridized carbons (Fsp3) is 0.467. The quantitative estimate of drug-likeness (QED) is 0.858. The molecule has 2 aromatic heterocycles. The summed E-state index contributed by atoms with van der Waals surface area (Å²) in [6.07, 6.45) is 1.82. The number of hydrogen-bond donors (Lipinski definition) is 1. The Morgan fingerprint density at radius 2 is 2.10 bits per heavy atom. The smallest absolute Gasteiger partial charge is 0.221 e. The van der Waals surface area contributed by atoms with Crippen LogP contribution in [0.1, 0.15) is 31.3 Å². The van der Waals surface area contributed by atoms with Crippen molar-refractivity contribution in [2.24, 2.45) is 7.05 Å². The molecule has 0 spiro atoms. The molecule has 6 heteroatoms. The second-order valence-electron chi connectivity index (χ2n) is 5.35. The minimum absolute atomic E-state index is 0.268. The van der Waals surface area contributed by atoms with E-state index in [1.807, 2.05) is 24.6 Å². The molecule has 2 aromatic rings. The molecule has 0 aromatic carbocycles. The second kappa shape index (κ2) is 5.63. The zero-order chi connectivity index (χ0) is 15.7. The summed E-state index contributed by atoms with van der Waals surface area (Å²) in [5.74, 6) is 2.49. The topological polar surface area (TPSA) is 70.9 Å². The highest BCUT2D eigenvalue weighted by Gasteiger charge is 2.24. The highest BCUT2D eigenvalue weighted by molar-refractivity contribution is 5.77. The molecule has 0 bridgehead atoms. The highest BCUT2D eigenvalue weighted by Crippen LogP contribution is 2.37. The van der Waals surface area contributed by atoms with Crippen LogP contribution in [0.2, 0.25) is 0 Å². The van der Waals surface area contributed by atoms with E-state index in [2.05, 4.69) is 25.5 Å². The third-order valence-corrected chi connectivity index (χ3v) is 3.46.